The first kappa shape index (κ1) is 18.1. The van der Waals surface area contributed by atoms with Gasteiger partial charge in [-0.15, -0.1) is 0 Å². The van der Waals surface area contributed by atoms with Crippen LogP contribution < -0.4 is 10.0 Å². The molecule has 0 aliphatic heterocycles. The largest absolute Gasteiger partial charge is 0.377 e. The Morgan fingerprint density at radius 3 is 2.71 bits per heavy atom. The smallest absolute Gasteiger partial charge is 0.243 e. The molecule has 0 aliphatic rings. The van der Waals surface area contributed by atoms with Crippen molar-refractivity contribution in [2.24, 2.45) is 0 Å². The number of methoxy groups -OCH3 is 1. The second kappa shape index (κ2) is 7.88. The average Bonchev–Trinajstić information content (AvgIpc) is 2.91. The Balaban J connectivity index is 2.58. The molecule has 7 nitrogen and oxygen atoms in total. The van der Waals surface area contributed by atoms with Crippen molar-refractivity contribution < 1.29 is 13.2 Å². The molecule has 0 saturated carbocycles. The van der Waals surface area contributed by atoms with E-state index in [4.69, 9.17) is 4.74 Å². The lowest BCUT2D eigenvalue weighted by atomic mass is 10.1. The van der Waals surface area contributed by atoms with E-state index in [-0.39, 0.29) is 11.4 Å². The van der Waals surface area contributed by atoms with E-state index >= 15 is 0 Å². The summed E-state index contributed by atoms with van der Waals surface area (Å²) in [5, 5.41) is 7.31. The standard InChI is InChI=1S/C13H26N4O3S/c1-5-6-14-7-8-17-10-12(9-15-17)21(18,19)16-11-13(2,3)20-4/h9-10,14,16H,5-8,11H2,1-4H3. The maximum Gasteiger partial charge on any atom is 0.243 e. The maximum absolute atomic E-state index is 12.1. The maximum atomic E-state index is 12.1. The predicted octanol–water partition coefficient (Wildman–Crippen LogP) is 0.586. The van der Waals surface area contributed by atoms with E-state index in [9.17, 15) is 8.42 Å². The summed E-state index contributed by atoms with van der Waals surface area (Å²) < 4.78 is 33.6. The first-order valence-corrected chi connectivity index (χ1v) is 8.57. The number of hydrogen-bond acceptors (Lipinski definition) is 5. The molecule has 1 aromatic rings. The minimum Gasteiger partial charge on any atom is -0.377 e. The molecule has 0 radical (unpaired) electrons. The van der Waals surface area contributed by atoms with Gasteiger partial charge in [0.2, 0.25) is 10.0 Å². The first-order valence-electron chi connectivity index (χ1n) is 7.09. The Morgan fingerprint density at radius 1 is 1.38 bits per heavy atom. The Morgan fingerprint density at radius 2 is 2.10 bits per heavy atom. The molecule has 0 aliphatic carbocycles. The van der Waals surface area contributed by atoms with Gasteiger partial charge in [-0.05, 0) is 26.8 Å². The van der Waals surface area contributed by atoms with Crippen molar-refractivity contribution in [2.75, 3.05) is 26.7 Å². The van der Waals surface area contributed by atoms with Gasteiger partial charge in [0.05, 0.1) is 18.3 Å². The molecular weight excluding hydrogens is 292 g/mol. The van der Waals surface area contributed by atoms with Crippen molar-refractivity contribution in [2.45, 2.75) is 44.2 Å². The average molecular weight is 318 g/mol. The molecule has 2 N–H and O–H groups in total. The van der Waals surface area contributed by atoms with Crippen LogP contribution in [0.2, 0.25) is 0 Å². The molecule has 1 heterocycles. The fourth-order valence-electron chi connectivity index (χ4n) is 1.53. The number of nitrogens with zero attached hydrogens (tertiary/aromatic N) is 2. The molecule has 0 aromatic carbocycles. The van der Waals surface area contributed by atoms with Crippen LogP contribution in [0.5, 0.6) is 0 Å². The fourth-order valence-corrected chi connectivity index (χ4v) is 2.68. The van der Waals surface area contributed by atoms with Crippen LogP contribution in [0.4, 0.5) is 0 Å². The van der Waals surface area contributed by atoms with Crippen LogP contribution in [0, 0.1) is 0 Å². The van der Waals surface area contributed by atoms with Crippen LogP contribution >= 0.6 is 0 Å². The SMILES string of the molecule is CCCNCCn1cc(S(=O)(=O)NCC(C)(C)OC)cn1. The van der Waals surface area contributed by atoms with E-state index in [0.717, 1.165) is 19.5 Å². The van der Waals surface area contributed by atoms with Gasteiger partial charge in [-0.25, -0.2) is 13.1 Å². The zero-order valence-corrected chi connectivity index (χ0v) is 14.0. The fraction of sp³-hybridized carbons (Fsp3) is 0.769. The number of rotatable bonds is 10. The Labute approximate surface area is 127 Å². The molecule has 0 fully saturated rings. The quantitative estimate of drug-likeness (QED) is 0.617. The minimum absolute atomic E-state index is 0.171. The second-order valence-corrected chi connectivity index (χ2v) is 7.24. The number of aromatic nitrogens is 2. The highest BCUT2D eigenvalue weighted by Crippen LogP contribution is 2.10. The van der Waals surface area contributed by atoms with Gasteiger partial charge < -0.3 is 10.1 Å². The monoisotopic (exact) mass is 318 g/mol. The van der Waals surface area contributed by atoms with Crippen LogP contribution in [0.3, 0.4) is 0 Å². The van der Waals surface area contributed by atoms with Gasteiger partial charge in [-0.1, -0.05) is 6.92 Å². The van der Waals surface area contributed by atoms with Crippen LogP contribution in [0.25, 0.3) is 0 Å². The predicted molar refractivity (Wildman–Crippen MR) is 81.7 cm³/mol. The number of nitrogens with one attached hydrogen (secondary N) is 2. The third kappa shape index (κ3) is 6.13. The van der Waals surface area contributed by atoms with E-state index in [2.05, 4.69) is 22.1 Å². The lowest BCUT2D eigenvalue weighted by Crippen LogP contribution is -2.39. The molecule has 21 heavy (non-hydrogen) atoms. The summed E-state index contributed by atoms with van der Waals surface area (Å²) >= 11 is 0. The lowest BCUT2D eigenvalue weighted by Gasteiger charge is -2.22. The molecular formula is C13H26N4O3S. The Bertz CT molecular complexity index is 525. The van der Waals surface area contributed by atoms with Crippen LogP contribution in [-0.4, -0.2) is 50.5 Å². The number of hydrogen-bond donors (Lipinski definition) is 2. The molecule has 122 valence electrons. The zero-order valence-electron chi connectivity index (χ0n) is 13.2. The summed E-state index contributed by atoms with van der Waals surface area (Å²) in [6, 6.07) is 0. The topological polar surface area (TPSA) is 85.2 Å². The summed E-state index contributed by atoms with van der Waals surface area (Å²) in [5.41, 5.74) is -0.548. The second-order valence-electron chi connectivity index (χ2n) is 5.48. The van der Waals surface area contributed by atoms with Gasteiger partial charge in [0.15, 0.2) is 0 Å². The number of ether oxygens (including phenoxy) is 1. The van der Waals surface area contributed by atoms with Crippen molar-refractivity contribution in [1.82, 2.24) is 19.8 Å². The molecule has 0 spiro atoms. The van der Waals surface area contributed by atoms with E-state index in [0.29, 0.717) is 6.54 Å². The normalized spacial score (nSPS) is 12.8. The molecule has 0 atom stereocenters. The molecule has 0 amide bonds. The van der Waals surface area contributed by atoms with Crippen molar-refractivity contribution in [3.05, 3.63) is 12.4 Å². The van der Waals surface area contributed by atoms with Gasteiger partial charge in [0.25, 0.3) is 0 Å². The third-order valence-corrected chi connectivity index (χ3v) is 4.46. The van der Waals surface area contributed by atoms with E-state index < -0.39 is 15.6 Å². The summed E-state index contributed by atoms with van der Waals surface area (Å²) in [7, 11) is -2.00. The van der Waals surface area contributed by atoms with Crippen LogP contribution in [0.1, 0.15) is 27.2 Å². The van der Waals surface area contributed by atoms with Gasteiger partial charge in [0.1, 0.15) is 4.90 Å². The molecule has 0 saturated heterocycles. The van der Waals surface area contributed by atoms with Gasteiger partial charge in [-0.2, -0.15) is 5.10 Å². The van der Waals surface area contributed by atoms with Crippen molar-refractivity contribution in [1.29, 1.82) is 0 Å². The van der Waals surface area contributed by atoms with Crippen LogP contribution in [0.15, 0.2) is 17.3 Å². The van der Waals surface area contributed by atoms with E-state index in [1.807, 2.05) is 13.8 Å². The minimum atomic E-state index is -3.55. The van der Waals surface area contributed by atoms with Gasteiger partial charge in [0, 0.05) is 26.4 Å². The van der Waals surface area contributed by atoms with Crippen molar-refractivity contribution >= 4 is 10.0 Å². The highest BCUT2D eigenvalue weighted by molar-refractivity contribution is 7.89. The third-order valence-electron chi connectivity index (χ3n) is 3.10. The summed E-state index contributed by atoms with van der Waals surface area (Å²) in [5.74, 6) is 0. The highest BCUT2D eigenvalue weighted by Gasteiger charge is 2.22. The van der Waals surface area contributed by atoms with E-state index in [1.165, 1.54) is 12.4 Å². The molecule has 1 rings (SSSR count). The van der Waals surface area contributed by atoms with Crippen LogP contribution in [-0.2, 0) is 21.3 Å². The summed E-state index contributed by atoms with van der Waals surface area (Å²) in [6.45, 7) is 8.28. The summed E-state index contributed by atoms with van der Waals surface area (Å²) in [6.07, 6.45) is 3.97. The highest BCUT2D eigenvalue weighted by atomic mass is 32.2. The molecule has 0 unspecified atom stereocenters. The zero-order chi connectivity index (χ0) is 15.9. The van der Waals surface area contributed by atoms with Gasteiger partial charge >= 0.3 is 0 Å². The molecule has 0 bridgehead atoms. The summed E-state index contributed by atoms with van der Waals surface area (Å²) in [4.78, 5) is 0.171. The molecule has 8 heteroatoms. The lowest BCUT2D eigenvalue weighted by molar-refractivity contribution is 0.0276. The Kier molecular flexibility index (Phi) is 6.79. The molecule has 1 aromatic heterocycles. The van der Waals surface area contributed by atoms with E-state index in [1.54, 1.807) is 11.8 Å². The van der Waals surface area contributed by atoms with Crippen molar-refractivity contribution in [3.8, 4) is 0 Å². The van der Waals surface area contributed by atoms with Crippen molar-refractivity contribution in [3.63, 3.8) is 0 Å². The first-order chi connectivity index (χ1) is 9.80. The van der Waals surface area contributed by atoms with Gasteiger partial charge in [-0.3, -0.25) is 4.68 Å². The Hall–Kier alpha value is -0.960. The number of sulfonamides is 1.